The van der Waals surface area contributed by atoms with Gasteiger partial charge in [-0.3, -0.25) is 0 Å². The second kappa shape index (κ2) is 5.04. The van der Waals surface area contributed by atoms with Crippen LogP contribution in [0.25, 0.3) is 0 Å². The zero-order valence-corrected chi connectivity index (χ0v) is 11.9. The third kappa shape index (κ3) is 2.56. The van der Waals surface area contributed by atoms with E-state index in [9.17, 15) is 14.3 Å². The standard InChI is InChI=1S/C14H18FNO2S/c1-13(2)6-7-19-9-14(13,12(17)18)16-11-5-3-4-10(15)8-11/h3-5,8,16H,6-7,9H2,1-2H3,(H,17,18). The van der Waals surface area contributed by atoms with Crippen LogP contribution in [-0.2, 0) is 4.79 Å². The molecule has 0 saturated carbocycles. The zero-order valence-electron chi connectivity index (χ0n) is 11.1. The molecule has 2 N–H and O–H groups in total. The molecule has 1 atom stereocenters. The molecule has 5 heteroatoms. The quantitative estimate of drug-likeness (QED) is 0.894. The maximum absolute atomic E-state index is 13.2. The van der Waals surface area contributed by atoms with Gasteiger partial charge in [0.05, 0.1) is 0 Å². The summed E-state index contributed by atoms with van der Waals surface area (Å²) in [5, 5.41) is 12.7. The van der Waals surface area contributed by atoms with E-state index in [4.69, 9.17) is 0 Å². The molecule has 19 heavy (non-hydrogen) atoms. The highest BCUT2D eigenvalue weighted by atomic mass is 32.2. The van der Waals surface area contributed by atoms with Crippen LogP contribution in [0.3, 0.4) is 0 Å². The molecule has 1 aromatic rings. The van der Waals surface area contributed by atoms with Crippen molar-refractivity contribution in [2.75, 3.05) is 16.8 Å². The summed E-state index contributed by atoms with van der Waals surface area (Å²) in [5.74, 6) is 0.180. The van der Waals surface area contributed by atoms with Gasteiger partial charge >= 0.3 is 5.97 Å². The first-order chi connectivity index (χ1) is 8.87. The average Bonchev–Trinajstić information content (AvgIpc) is 2.31. The van der Waals surface area contributed by atoms with Crippen LogP contribution in [0.15, 0.2) is 24.3 Å². The molecule has 1 fully saturated rings. The summed E-state index contributed by atoms with van der Waals surface area (Å²) >= 11 is 1.62. The molecule has 1 aliphatic rings. The SMILES string of the molecule is CC1(C)CCSCC1(Nc1cccc(F)c1)C(=O)O. The van der Waals surface area contributed by atoms with Crippen LogP contribution in [0, 0.1) is 11.2 Å². The highest BCUT2D eigenvalue weighted by Gasteiger charge is 2.53. The minimum Gasteiger partial charge on any atom is -0.479 e. The van der Waals surface area contributed by atoms with Crippen molar-refractivity contribution in [3.63, 3.8) is 0 Å². The van der Waals surface area contributed by atoms with Gasteiger partial charge in [-0.25, -0.2) is 9.18 Å². The lowest BCUT2D eigenvalue weighted by Crippen LogP contribution is -2.61. The Morgan fingerprint density at radius 2 is 2.21 bits per heavy atom. The van der Waals surface area contributed by atoms with Crippen molar-refractivity contribution in [2.45, 2.75) is 25.8 Å². The van der Waals surface area contributed by atoms with E-state index in [0.29, 0.717) is 11.4 Å². The van der Waals surface area contributed by atoms with Crippen LogP contribution in [-0.4, -0.2) is 28.1 Å². The van der Waals surface area contributed by atoms with Crippen LogP contribution >= 0.6 is 11.8 Å². The number of carboxylic acid groups (broad SMARTS) is 1. The van der Waals surface area contributed by atoms with Crippen LogP contribution in [0.5, 0.6) is 0 Å². The van der Waals surface area contributed by atoms with E-state index < -0.39 is 16.9 Å². The van der Waals surface area contributed by atoms with Crippen molar-refractivity contribution in [2.24, 2.45) is 5.41 Å². The van der Waals surface area contributed by atoms with Crippen LogP contribution in [0.2, 0.25) is 0 Å². The van der Waals surface area contributed by atoms with Crippen molar-refractivity contribution in [3.05, 3.63) is 30.1 Å². The normalized spacial score (nSPS) is 25.8. The van der Waals surface area contributed by atoms with E-state index in [1.165, 1.54) is 12.1 Å². The van der Waals surface area contributed by atoms with Crippen molar-refractivity contribution in [1.29, 1.82) is 0 Å². The molecule has 0 aliphatic carbocycles. The average molecular weight is 283 g/mol. The van der Waals surface area contributed by atoms with Gasteiger partial charge in [-0.15, -0.1) is 0 Å². The first-order valence-corrected chi connectivity index (χ1v) is 7.38. The summed E-state index contributed by atoms with van der Waals surface area (Å²) in [6.45, 7) is 3.90. The molecule has 2 rings (SSSR count). The molecule has 1 heterocycles. The first kappa shape index (κ1) is 14.2. The van der Waals surface area contributed by atoms with Crippen LogP contribution in [0.1, 0.15) is 20.3 Å². The Balaban J connectivity index is 2.37. The molecule has 0 spiro atoms. The minimum atomic E-state index is -1.07. The lowest BCUT2D eigenvalue weighted by Gasteiger charge is -2.47. The van der Waals surface area contributed by atoms with Crippen molar-refractivity contribution in [1.82, 2.24) is 0 Å². The van der Waals surface area contributed by atoms with E-state index in [1.54, 1.807) is 23.9 Å². The van der Waals surface area contributed by atoms with E-state index in [-0.39, 0.29) is 5.82 Å². The molecule has 0 radical (unpaired) electrons. The number of aliphatic carboxylic acids is 1. The highest BCUT2D eigenvalue weighted by molar-refractivity contribution is 7.99. The summed E-state index contributed by atoms with van der Waals surface area (Å²) < 4.78 is 13.2. The van der Waals surface area contributed by atoms with Gasteiger partial charge in [0.15, 0.2) is 0 Å². The van der Waals surface area contributed by atoms with Gasteiger partial charge in [-0.2, -0.15) is 11.8 Å². The Kier molecular flexibility index (Phi) is 3.76. The molecule has 1 unspecified atom stereocenters. The highest BCUT2D eigenvalue weighted by Crippen LogP contribution is 2.44. The maximum atomic E-state index is 13.2. The third-order valence-corrected chi connectivity index (χ3v) is 5.02. The van der Waals surface area contributed by atoms with Crippen molar-refractivity contribution >= 4 is 23.4 Å². The Labute approximate surface area is 116 Å². The lowest BCUT2D eigenvalue weighted by molar-refractivity contribution is -0.145. The number of hydrogen-bond acceptors (Lipinski definition) is 3. The number of thioether (sulfide) groups is 1. The van der Waals surface area contributed by atoms with Gasteiger partial charge < -0.3 is 10.4 Å². The molecule has 0 amide bonds. The fourth-order valence-electron chi connectivity index (χ4n) is 2.38. The predicted octanol–water partition coefficient (Wildman–Crippen LogP) is 3.22. The fraction of sp³-hybridized carbons (Fsp3) is 0.500. The van der Waals surface area contributed by atoms with Crippen LogP contribution < -0.4 is 5.32 Å². The van der Waals surface area contributed by atoms with E-state index >= 15 is 0 Å². The Morgan fingerprint density at radius 1 is 1.47 bits per heavy atom. The van der Waals surface area contributed by atoms with Gasteiger partial charge in [0.2, 0.25) is 0 Å². The number of carbonyl (C=O) groups is 1. The fourth-order valence-corrected chi connectivity index (χ4v) is 4.08. The molecular weight excluding hydrogens is 265 g/mol. The molecule has 0 bridgehead atoms. The molecule has 3 nitrogen and oxygen atoms in total. The summed E-state index contributed by atoms with van der Waals surface area (Å²) in [4.78, 5) is 11.8. The maximum Gasteiger partial charge on any atom is 0.330 e. The Hall–Kier alpha value is -1.23. The van der Waals surface area contributed by atoms with Gasteiger partial charge in [0.25, 0.3) is 0 Å². The lowest BCUT2D eigenvalue weighted by atomic mass is 9.70. The Morgan fingerprint density at radius 3 is 2.79 bits per heavy atom. The monoisotopic (exact) mass is 283 g/mol. The van der Waals surface area contributed by atoms with E-state index in [2.05, 4.69) is 5.32 Å². The number of rotatable bonds is 3. The van der Waals surface area contributed by atoms with Crippen LogP contribution in [0.4, 0.5) is 10.1 Å². The van der Waals surface area contributed by atoms with Crippen molar-refractivity contribution in [3.8, 4) is 0 Å². The van der Waals surface area contributed by atoms with Gasteiger partial charge in [0, 0.05) is 16.9 Å². The zero-order chi connectivity index (χ0) is 14.1. The molecule has 104 valence electrons. The first-order valence-electron chi connectivity index (χ1n) is 6.22. The Bertz CT molecular complexity index is 492. The third-order valence-electron chi connectivity index (χ3n) is 3.89. The van der Waals surface area contributed by atoms with Crippen molar-refractivity contribution < 1.29 is 14.3 Å². The van der Waals surface area contributed by atoms with E-state index in [0.717, 1.165) is 12.2 Å². The predicted molar refractivity (Wildman–Crippen MR) is 76.1 cm³/mol. The molecule has 1 saturated heterocycles. The minimum absolute atomic E-state index is 0.369. The number of benzene rings is 1. The topological polar surface area (TPSA) is 49.3 Å². The largest absolute Gasteiger partial charge is 0.479 e. The molecule has 0 aromatic heterocycles. The molecule has 1 aliphatic heterocycles. The number of nitrogens with one attached hydrogen (secondary N) is 1. The summed E-state index contributed by atoms with van der Waals surface area (Å²) in [6.07, 6.45) is 0.812. The number of anilines is 1. The summed E-state index contributed by atoms with van der Waals surface area (Å²) in [6, 6.07) is 5.96. The second-order valence-corrected chi connectivity index (χ2v) is 6.64. The van der Waals surface area contributed by atoms with E-state index in [1.807, 2.05) is 13.8 Å². The summed E-state index contributed by atoms with van der Waals surface area (Å²) in [7, 11) is 0. The molecular formula is C14H18FNO2S. The molecule has 1 aromatic carbocycles. The van der Waals surface area contributed by atoms with Gasteiger partial charge in [-0.1, -0.05) is 19.9 Å². The second-order valence-electron chi connectivity index (χ2n) is 5.53. The van der Waals surface area contributed by atoms with Gasteiger partial charge in [-0.05, 0) is 30.4 Å². The number of halogens is 1. The number of carboxylic acids is 1. The smallest absolute Gasteiger partial charge is 0.330 e. The number of hydrogen-bond donors (Lipinski definition) is 2. The summed E-state index contributed by atoms with van der Waals surface area (Å²) in [5.41, 5.74) is -0.946. The van der Waals surface area contributed by atoms with Gasteiger partial charge in [0.1, 0.15) is 11.4 Å².